The third-order valence-corrected chi connectivity index (χ3v) is 4.26. The lowest BCUT2D eigenvalue weighted by Crippen LogP contribution is -2.31. The lowest BCUT2D eigenvalue weighted by molar-refractivity contribution is 0.0743. The van der Waals surface area contributed by atoms with Crippen molar-refractivity contribution in [2.24, 2.45) is 0 Å². The van der Waals surface area contributed by atoms with Crippen LogP contribution in [0.15, 0.2) is 61.2 Å². The van der Waals surface area contributed by atoms with Crippen LogP contribution in [0.5, 0.6) is 5.75 Å². The molecule has 0 saturated heterocycles. The molecule has 0 bridgehead atoms. The Labute approximate surface area is 147 Å². The minimum absolute atomic E-state index is 0.155. The smallest absolute Gasteiger partial charge is 0.258 e. The summed E-state index contributed by atoms with van der Waals surface area (Å²) >= 11 is 0. The van der Waals surface area contributed by atoms with Crippen LogP contribution in [0, 0.1) is 5.82 Å². The van der Waals surface area contributed by atoms with Gasteiger partial charge in [0, 0.05) is 18.2 Å². The molecule has 128 valence electrons. The third-order valence-electron chi connectivity index (χ3n) is 4.26. The molecule has 0 radical (unpaired) electrons. The van der Waals surface area contributed by atoms with Crippen LogP contribution in [-0.4, -0.2) is 24.0 Å². The van der Waals surface area contributed by atoms with Crippen molar-refractivity contribution in [2.45, 2.75) is 13.5 Å². The van der Waals surface area contributed by atoms with Crippen LogP contribution in [-0.2, 0) is 6.54 Å². The maximum atomic E-state index is 14.4. The fourth-order valence-electron chi connectivity index (χ4n) is 2.94. The molecule has 0 aliphatic carbocycles. The Morgan fingerprint density at radius 3 is 2.76 bits per heavy atom. The molecule has 3 rings (SSSR count). The Balaban J connectivity index is 1.98. The number of ether oxygens (including phenoxy) is 1. The zero-order chi connectivity index (χ0) is 17.8. The molecule has 25 heavy (non-hydrogen) atoms. The van der Waals surface area contributed by atoms with Crippen LogP contribution in [0.2, 0.25) is 0 Å². The van der Waals surface area contributed by atoms with Gasteiger partial charge < -0.3 is 9.64 Å². The van der Waals surface area contributed by atoms with E-state index in [1.165, 1.54) is 6.07 Å². The van der Waals surface area contributed by atoms with Gasteiger partial charge in [0.1, 0.15) is 18.2 Å². The first-order valence-corrected chi connectivity index (χ1v) is 8.22. The van der Waals surface area contributed by atoms with Gasteiger partial charge in [0.2, 0.25) is 0 Å². The monoisotopic (exact) mass is 337 g/mol. The van der Waals surface area contributed by atoms with Gasteiger partial charge in [-0.25, -0.2) is 4.39 Å². The maximum Gasteiger partial charge on any atom is 0.258 e. The minimum Gasteiger partial charge on any atom is -0.491 e. The molecule has 0 spiro atoms. The van der Waals surface area contributed by atoms with Crippen molar-refractivity contribution >= 4 is 11.5 Å². The lowest BCUT2D eigenvalue weighted by Gasteiger charge is -2.20. The Morgan fingerprint density at radius 2 is 2.08 bits per heavy atom. The van der Waals surface area contributed by atoms with Crippen LogP contribution in [0.3, 0.4) is 0 Å². The second-order valence-corrected chi connectivity index (χ2v) is 5.84. The van der Waals surface area contributed by atoms with E-state index in [9.17, 15) is 9.18 Å². The molecule has 1 aliphatic rings. The second kappa shape index (κ2) is 7.34. The highest BCUT2D eigenvalue weighted by atomic mass is 19.1. The van der Waals surface area contributed by atoms with Crippen LogP contribution < -0.4 is 4.74 Å². The van der Waals surface area contributed by atoms with Crippen molar-refractivity contribution in [3.8, 4) is 5.75 Å². The first kappa shape index (κ1) is 17.0. The molecule has 0 fully saturated rings. The number of halogens is 1. The molecule has 1 aliphatic heterocycles. The molecular weight excluding hydrogens is 317 g/mol. The molecule has 4 heteroatoms. The number of hydrogen-bond donors (Lipinski definition) is 0. The summed E-state index contributed by atoms with van der Waals surface area (Å²) in [4.78, 5) is 14.7. The summed E-state index contributed by atoms with van der Waals surface area (Å²) in [6.45, 7) is 6.80. The fourth-order valence-corrected chi connectivity index (χ4v) is 2.94. The van der Waals surface area contributed by atoms with Crippen LogP contribution in [0.25, 0.3) is 5.57 Å². The summed E-state index contributed by atoms with van der Waals surface area (Å²) in [7, 11) is 0. The Bertz CT molecular complexity index is 827. The molecule has 0 unspecified atom stereocenters. The third kappa shape index (κ3) is 3.48. The average molecular weight is 337 g/mol. The van der Waals surface area contributed by atoms with E-state index in [1.54, 1.807) is 23.1 Å². The number of rotatable bonds is 4. The van der Waals surface area contributed by atoms with Crippen LogP contribution in [0.4, 0.5) is 4.39 Å². The number of allylic oxidation sites excluding steroid dienone is 3. The number of carbonyl (C=O) groups excluding carboxylic acids is 1. The first-order valence-electron chi connectivity index (χ1n) is 8.22. The maximum absolute atomic E-state index is 14.4. The van der Waals surface area contributed by atoms with Crippen molar-refractivity contribution in [1.29, 1.82) is 0 Å². The Morgan fingerprint density at radius 1 is 1.32 bits per heavy atom. The van der Waals surface area contributed by atoms with E-state index in [0.29, 0.717) is 42.1 Å². The summed E-state index contributed by atoms with van der Waals surface area (Å²) in [6.07, 6.45) is 3.34. The number of carbonyl (C=O) groups is 1. The van der Waals surface area contributed by atoms with E-state index in [-0.39, 0.29) is 5.91 Å². The second-order valence-electron chi connectivity index (χ2n) is 5.84. The topological polar surface area (TPSA) is 29.5 Å². The number of hydrogen-bond acceptors (Lipinski definition) is 2. The normalized spacial score (nSPS) is 14.6. The van der Waals surface area contributed by atoms with E-state index in [2.05, 4.69) is 6.58 Å². The zero-order valence-corrected chi connectivity index (χ0v) is 14.2. The van der Waals surface area contributed by atoms with Crippen molar-refractivity contribution in [1.82, 2.24) is 4.90 Å². The first-order chi connectivity index (χ1) is 12.1. The van der Waals surface area contributed by atoms with E-state index in [1.807, 2.05) is 37.3 Å². The molecule has 3 nitrogen and oxygen atoms in total. The molecule has 0 atom stereocenters. The van der Waals surface area contributed by atoms with Crippen molar-refractivity contribution in [3.63, 3.8) is 0 Å². The number of benzene rings is 2. The highest BCUT2D eigenvalue weighted by Crippen LogP contribution is 2.30. The fraction of sp³-hybridized carbons (Fsp3) is 0.190. The van der Waals surface area contributed by atoms with Gasteiger partial charge in [-0.1, -0.05) is 49.1 Å². The predicted octanol–water partition coefficient (Wildman–Crippen LogP) is 4.45. The SMILES string of the molecule is C=CC(=CC)c1cc2c(cc1F)OCCN(Cc1ccccc1)C2=O. The zero-order valence-electron chi connectivity index (χ0n) is 14.2. The molecule has 0 saturated carbocycles. The summed E-state index contributed by atoms with van der Waals surface area (Å²) in [5, 5.41) is 0. The lowest BCUT2D eigenvalue weighted by atomic mass is 10.0. The van der Waals surface area contributed by atoms with Crippen LogP contribution >= 0.6 is 0 Å². The van der Waals surface area contributed by atoms with Gasteiger partial charge in [0.25, 0.3) is 5.91 Å². The van der Waals surface area contributed by atoms with E-state index < -0.39 is 5.82 Å². The van der Waals surface area contributed by atoms with Gasteiger partial charge in [0.15, 0.2) is 0 Å². The van der Waals surface area contributed by atoms with Gasteiger partial charge >= 0.3 is 0 Å². The predicted molar refractivity (Wildman–Crippen MR) is 96.9 cm³/mol. The standard InChI is InChI=1S/C21H20FNO2/c1-3-16(4-2)17-12-18-20(13-19(17)22)25-11-10-23(21(18)24)14-15-8-6-5-7-9-15/h3-9,12-13H,1,10-11,14H2,2H3. The highest BCUT2D eigenvalue weighted by molar-refractivity contribution is 5.98. The highest BCUT2D eigenvalue weighted by Gasteiger charge is 2.25. The summed E-state index contributed by atoms with van der Waals surface area (Å²) in [6, 6.07) is 12.6. The minimum atomic E-state index is -0.420. The molecule has 1 heterocycles. The summed E-state index contributed by atoms with van der Waals surface area (Å²) < 4.78 is 20.0. The molecule has 0 N–H and O–H groups in total. The van der Waals surface area contributed by atoms with Gasteiger partial charge in [-0.05, 0) is 24.1 Å². The summed E-state index contributed by atoms with van der Waals surface area (Å²) in [5.74, 6) is -0.283. The Hall–Kier alpha value is -2.88. The average Bonchev–Trinajstić information content (AvgIpc) is 2.77. The number of nitrogens with zero attached hydrogens (tertiary/aromatic N) is 1. The van der Waals surface area contributed by atoms with E-state index in [4.69, 9.17) is 4.74 Å². The molecule has 2 aromatic carbocycles. The van der Waals surface area contributed by atoms with Gasteiger partial charge in [0.05, 0.1) is 12.1 Å². The van der Waals surface area contributed by atoms with Gasteiger partial charge in [-0.3, -0.25) is 4.79 Å². The van der Waals surface area contributed by atoms with Crippen molar-refractivity contribution in [2.75, 3.05) is 13.2 Å². The van der Waals surface area contributed by atoms with E-state index >= 15 is 0 Å². The Kier molecular flexibility index (Phi) is 4.98. The molecule has 2 aromatic rings. The summed E-state index contributed by atoms with van der Waals surface area (Å²) in [5.41, 5.74) is 2.43. The molecule has 0 aromatic heterocycles. The van der Waals surface area contributed by atoms with Gasteiger partial charge in [-0.15, -0.1) is 0 Å². The van der Waals surface area contributed by atoms with E-state index in [0.717, 1.165) is 5.56 Å². The number of fused-ring (bicyclic) bond motifs is 1. The van der Waals surface area contributed by atoms with Crippen LogP contribution in [0.1, 0.15) is 28.4 Å². The quantitative estimate of drug-likeness (QED) is 0.772. The van der Waals surface area contributed by atoms with Gasteiger partial charge in [-0.2, -0.15) is 0 Å². The molecule has 1 amide bonds. The van der Waals surface area contributed by atoms with Crippen molar-refractivity contribution < 1.29 is 13.9 Å². The molecular formula is C21H20FNO2. The number of amides is 1. The largest absolute Gasteiger partial charge is 0.491 e. The van der Waals surface area contributed by atoms with Crippen molar-refractivity contribution in [3.05, 3.63) is 83.7 Å².